The molecule has 3 rings (SSSR count). The molecule has 3 heterocycles. The maximum atomic E-state index is 9.34. The highest BCUT2D eigenvalue weighted by atomic mass is 16.5. The van der Waals surface area contributed by atoms with Gasteiger partial charge in [0.2, 0.25) is 0 Å². The first-order chi connectivity index (χ1) is 11.9. The van der Waals surface area contributed by atoms with Gasteiger partial charge in [0.15, 0.2) is 5.65 Å². The molecule has 1 unspecified atom stereocenters. The second-order valence-corrected chi connectivity index (χ2v) is 7.12. The summed E-state index contributed by atoms with van der Waals surface area (Å²) in [5.41, 5.74) is 3.22. The lowest BCUT2D eigenvalue weighted by Crippen LogP contribution is -2.50. The number of ether oxygens (including phenoxy) is 1. The van der Waals surface area contributed by atoms with Gasteiger partial charge in [-0.1, -0.05) is 13.0 Å². The van der Waals surface area contributed by atoms with Crippen molar-refractivity contribution in [1.29, 1.82) is 5.26 Å². The molecule has 1 atom stereocenters. The molecule has 0 fully saturated rings. The Bertz CT molecular complexity index is 846. The van der Waals surface area contributed by atoms with Crippen LogP contribution in [-0.4, -0.2) is 39.4 Å². The molecule has 2 aromatic rings. The molecule has 0 amide bonds. The van der Waals surface area contributed by atoms with Crippen molar-refractivity contribution in [2.24, 2.45) is 0 Å². The first-order valence-electron chi connectivity index (χ1n) is 8.69. The minimum Gasteiger partial charge on any atom is -0.375 e. The summed E-state index contributed by atoms with van der Waals surface area (Å²) in [5.74, 6) is 1.04. The van der Waals surface area contributed by atoms with Gasteiger partial charge in [-0.3, -0.25) is 0 Å². The Labute approximate surface area is 148 Å². The van der Waals surface area contributed by atoms with Gasteiger partial charge in [0.05, 0.1) is 25.5 Å². The number of rotatable bonds is 6. The van der Waals surface area contributed by atoms with Gasteiger partial charge in [-0.2, -0.15) is 14.9 Å². The van der Waals surface area contributed by atoms with Crippen molar-refractivity contribution in [2.45, 2.75) is 52.1 Å². The summed E-state index contributed by atoms with van der Waals surface area (Å²) >= 11 is 0. The summed E-state index contributed by atoms with van der Waals surface area (Å²) in [6, 6.07) is 2.40. The molecular weight excluding hydrogens is 314 g/mol. The van der Waals surface area contributed by atoms with E-state index in [-0.39, 0.29) is 11.6 Å². The Morgan fingerprint density at radius 2 is 2.28 bits per heavy atom. The van der Waals surface area contributed by atoms with Gasteiger partial charge in [-0.15, -0.1) is 6.58 Å². The van der Waals surface area contributed by atoms with E-state index in [0.29, 0.717) is 24.4 Å². The molecule has 0 saturated heterocycles. The van der Waals surface area contributed by atoms with E-state index in [4.69, 9.17) is 4.74 Å². The third-order valence-electron chi connectivity index (χ3n) is 5.14. The van der Waals surface area contributed by atoms with Crippen LogP contribution < -0.4 is 4.90 Å². The zero-order valence-electron chi connectivity index (χ0n) is 15.4. The first-order valence-corrected chi connectivity index (χ1v) is 8.69. The number of aromatic nitrogens is 3. The van der Waals surface area contributed by atoms with E-state index >= 15 is 0 Å². The van der Waals surface area contributed by atoms with Crippen LogP contribution in [-0.2, 0) is 11.2 Å². The Morgan fingerprint density at radius 1 is 1.52 bits per heavy atom. The number of hydrogen-bond donors (Lipinski definition) is 0. The molecule has 0 bridgehead atoms. The fraction of sp³-hybridized carbons (Fsp3) is 0.526. The molecule has 0 radical (unpaired) electrons. The number of hydrogen-bond acceptors (Lipinski definition) is 5. The van der Waals surface area contributed by atoms with Gasteiger partial charge in [0, 0.05) is 23.2 Å². The van der Waals surface area contributed by atoms with Crippen LogP contribution in [0.4, 0.5) is 5.82 Å². The summed E-state index contributed by atoms with van der Waals surface area (Å²) in [6.45, 7) is 13.6. The topological polar surface area (TPSA) is 66.4 Å². The van der Waals surface area contributed by atoms with Crippen molar-refractivity contribution in [2.75, 3.05) is 18.1 Å². The Balaban J connectivity index is 2.16. The van der Waals surface area contributed by atoms with Crippen LogP contribution in [0.3, 0.4) is 0 Å². The quantitative estimate of drug-likeness (QED) is 0.598. The first kappa shape index (κ1) is 17.4. The van der Waals surface area contributed by atoms with Crippen molar-refractivity contribution in [1.82, 2.24) is 14.6 Å². The fourth-order valence-corrected chi connectivity index (χ4v) is 3.56. The molecule has 0 saturated carbocycles. The normalized spacial score (nSPS) is 16.9. The summed E-state index contributed by atoms with van der Waals surface area (Å²) in [7, 11) is 0. The minimum atomic E-state index is -0.0626. The second kappa shape index (κ2) is 6.49. The van der Waals surface area contributed by atoms with E-state index in [2.05, 4.69) is 48.4 Å². The van der Waals surface area contributed by atoms with Crippen LogP contribution >= 0.6 is 0 Å². The molecule has 132 valence electrons. The molecule has 1 aliphatic heterocycles. The van der Waals surface area contributed by atoms with Crippen LogP contribution in [0.2, 0.25) is 0 Å². The van der Waals surface area contributed by atoms with E-state index in [1.54, 1.807) is 12.3 Å². The number of nitriles is 1. The van der Waals surface area contributed by atoms with Crippen LogP contribution in [0.15, 0.2) is 18.9 Å². The third-order valence-corrected chi connectivity index (χ3v) is 5.14. The predicted octanol–water partition coefficient (Wildman–Crippen LogP) is 3.03. The van der Waals surface area contributed by atoms with Gasteiger partial charge >= 0.3 is 0 Å². The predicted molar refractivity (Wildman–Crippen MR) is 97.8 cm³/mol. The highest BCUT2D eigenvalue weighted by Gasteiger charge is 2.41. The summed E-state index contributed by atoms with van der Waals surface area (Å²) < 4.78 is 7.61. The molecule has 25 heavy (non-hydrogen) atoms. The lowest BCUT2D eigenvalue weighted by molar-refractivity contribution is 0.139. The maximum Gasteiger partial charge on any atom is 0.175 e. The van der Waals surface area contributed by atoms with E-state index in [1.165, 1.54) is 5.56 Å². The van der Waals surface area contributed by atoms with Gasteiger partial charge in [0.25, 0.3) is 0 Å². The van der Waals surface area contributed by atoms with Crippen LogP contribution in [0.25, 0.3) is 5.65 Å². The van der Waals surface area contributed by atoms with E-state index in [9.17, 15) is 5.26 Å². The zero-order valence-corrected chi connectivity index (χ0v) is 15.4. The lowest BCUT2D eigenvalue weighted by atomic mass is 9.98. The van der Waals surface area contributed by atoms with E-state index in [1.807, 2.05) is 11.4 Å². The molecule has 6 heteroatoms. The summed E-state index contributed by atoms with van der Waals surface area (Å²) in [6.07, 6.45) is 5.22. The number of aryl methyl sites for hydroxylation is 1. The van der Waals surface area contributed by atoms with Crippen LogP contribution in [0, 0.1) is 18.3 Å². The number of fused-ring (bicyclic) bond motifs is 3. The van der Waals surface area contributed by atoms with Crippen molar-refractivity contribution in [3.8, 4) is 6.07 Å². The Kier molecular flexibility index (Phi) is 4.53. The van der Waals surface area contributed by atoms with Gasteiger partial charge in [0.1, 0.15) is 17.5 Å². The molecular formula is C19H25N5O. The third kappa shape index (κ3) is 2.79. The van der Waals surface area contributed by atoms with E-state index in [0.717, 1.165) is 24.4 Å². The highest BCUT2D eigenvalue weighted by molar-refractivity contribution is 5.66. The standard InChI is InChI=1S/C19H25N5O/c1-6-8-25-12-15-9-16-13(3)22-17-14(10-20)11-21-24(17)18(16)23(15)19(4,5)7-2/h6,11,15H,1,7-9,12H2,2-5H3. The van der Waals surface area contributed by atoms with Crippen molar-refractivity contribution < 1.29 is 4.74 Å². The van der Waals surface area contributed by atoms with Crippen molar-refractivity contribution in [3.05, 3.63) is 35.7 Å². The molecule has 0 aliphatic carbocycles. The zero-order chi connectivity index (χ0) is 18.2. The summed E-state index contributed by atoms with van der Waals surface area (Å²) in [4.78, 5) is 7.05. The smallest absolute Gasteiger partial charge is 0.175 e. The van der Waals surface area contributed by atoms with Crippen LogP contribution in [0.5, 0.6) is 0 Å². The molecule has 1 aliphatic rings. The van der Waals surface area contributed by atoms with Crippen molar-refractivity contribution >= 4 is 11.5 Å². The lowest BCUT2D eigenvalue weighted by Gasteiger charge is -2.41. The Morgan fingerprint density at radius 3 is 2.92 bits per heavy atom. The molecule has 2 aromatic heterocycles. The van der Waals surface area contributed by atoms with Crippen LogP contribution in [0.1, 0.15) is 44.0 Å². The SMILES string of the molecule is C=CCOCC1Cc2c(C)nc3c(C#N)cnn3c2N1C(C)(C)CC. The average molecular weight is 339 g/mol. The fourth-order valence-electron chi connectivity index (χ4n) is 3.56. The highest BCUT2D eigenvalue weighted by Crippen LogP contribution is 2.40. The Hall–Kier alpha value is -2.39. The summed E-state index contributed by atoms with van der Waals surface area (Å²) in [5, 5.41) is 13.8. The van der Waals surface area contributed by atoms with E-state index < -0.39 is 0 Å². The molecule has 0 aromatic carbocycles. The number of anilines is 1. The minimum absolute atomic E-state index is 0.0626. The van der Waals surface area contributed by atoms with Crippen molar-refractivity contribution in [3.63, 3.8) is 0 Å². The molecule has 0 N–H and O–H groups in total. The molecule has 6 nitrogen and oxygen atoms in total. The number of nitrogens with zero attached hydrogens (tertiary/aromatic N) is 5. The maximum absolute atomic E-state index is 9.34. The van der Waals surface area contributed by atoms with Gasteiger partial charge in [-0.25, -0.2) is 4.98 Å². The van der Waals surface area contributed by atoms with Gasteiger partial charge < -0.3 is 9.64 Å². The monoisotopic (exact) mass is 339 g/mol. The molecule has 0 spiro atoms. The second-order valence-electron chi connectivity index (χ2n) is 7.12. The van der Waals surface area contributed by atoms with Gasteiger partial charge in [-0.05, 0) is 27.2 Å². The average Bonchev–Trinajstić information content (AvgIpc) is 3.16. The largest absolute Gasteiger partial charge is 0.375 e.